The van der Waals surface area contributed by atoms with E-state index in [1.807, 2.05) is 0 Å². The zero-order valence-electron chi connectivity index (χ0n) is 6.73. The topological polar surface area (TPSA) is 77.1 Å². The Morgan fingerprint density at radius 1 is 1.46 bits per heavy atom. The van der Waals surface area contributed by atoms with Crippen molar-refractivity contribution in [3.8, 4) is 11.5 Å². The first kappa shape index (κ1) is 7.72. The molecule has 0 saturated heterocycles. The minimum Gasteiger partial charge on any atom is -0.454 e. The molecule has 1 aromatic carbocycles. The standard InChI is InChI=1S/C8H8N2O3/c9-7-5(3-10-11)1-2-6-8(7)13-4-12-6/h1-3,11H,4,9H2/b10-3+. The molecule has 13 heavy (non-hydrogen) atoms. The van der Waals surface area contributed by atoms with E-state index >= 15 is 0 Å². The molecule has 0 amide bonds. The van der Waals surface area contributed by atoms with Gasteiger partial charge in [-0.25, -0.2) is 0 Å². The summed E-state index contributed by atoms with van der Waals surface area (Å²) in [5, 5.41) is 11.2. The lowest BCUT2D eigenvalue weighted by atomic mass is 10.1. The smallest absolute Gasteiger partial charge is 0.231 e. The van der Waals surface area contributed by atoms with Crippen molar-refractivity contribution in [2.24, 2.45) is 5.16 Å². The van der Waals surface area contributed by atoms with Gasteiger partial charge in [0.15, 0.2) is 11.5 Å². The van der Waals surface area contributed by atoms with E-state index in [0.29, 0.717) is 22.7 Å². The normalized spacial score (nSPS) is 13.8. The molecular formula is C8H8N2O3. The fraction of sp³-hybridized carbons (Fsp3) is 0.125. The molecule has 0 fully saturated rings. The van der Waals surface area contributed by atoms with Crippen molar-refractivity contribution >= 4 is 11.9 Å². The van der Waals surface area contributed by atoms with Crippen LogP contribution in [0.4, 0.5) is 5.69 Å². The molecule has 0 radical (unpaired) electrons. The van der Waals surface area contributed by atoms with E-state index in [9.17, 15) is 0 Å². The molecule has 1 aliphatic heterocycles. The second kappa shape index (κ2) is 2.85. The number of hydrogen-bond donors (Lipinski definition) is 2. The highest BCUT2D eigenvalue weighted by atomic mass is 16.7. The zero-order chi connectivity index (χ0) is 9.26. The maximum Gasteiger partial charge on any atom is 0.231 e. The van der Waals surface area contributed by atoms with E-state index in [4.69, 9.17) is 20.4 Å². The number of hydrogen-bond acceptors (Lipinski definition) is 5. The highest BCUT2D eigenvalue weighted by Crippen LogP contribution is 2.38. The molecule has 5 heteroatoms. The van der Waals surface area contributed by atoms with Gasteiger partial charge in [-0.05, 0) is 12.1 Å². The maximum absolute atomic E-state index is 8.33. The Labute approximate surface area is 74.4 Å². The molecule has 0 atom stereocenters. The minimum atomic E-state index is 0.180. The Bertz CT molecular complexity index is 363. The Kier molecular flexibility index (Phi) is 1.70. The predicted molar refractivity (Wildman–Crippen MR) is 46.4 cm³/mol. The molecule has 3 N–H and O–H groups in total. The van der Waals surface area contributed by atoms with Gasteiger partial charge in [0, 0.05) is 5.56 Å². The van der Waals surface area contributed by atoms with Crippen molar-refractivity contribution in [3.63, 3.8) is 0 Å². The van der Waals surface area contributed by atoms with Gasteiger partial charge in [-0.2, -0.15) is 0 Å². The average molecular weight is 180 g/mol. The number of nitrogens with two attached hydrogens (primary N) is 1. The SMILES string of the molecule is Nc1c(/C=N/O)ccc2c1OCO2. The van der Waals surface area contributed by atoms with Crippen LogP contribution < -0.4 is 15.2 Å². The van der Waals surface area contributed by atoms with Crippen LogP contribution in [-0.4, -0.2) is 18.2 Å². The van der Waals surface area contributed by atoms with Crippen molar-refractivity contribution in [1.82, 2.24) is 0 Å². The van der Waals surface area contributed by atoms with Crippen LogP contribution in [0.5, 0.6) is 11.5 Å². The van der Waals surface area contributed by atoms with Gasteiger partial charge in [0.05, 0.1) is 11.9 Å². The number of anilines is 1. The van der Waals surface area contributed by atoms with Crippen molar-refractivity contribution in [2.75, 3.05) is 12.5 Å². The molecule has 0 spiro atoms. The van der Waals surface area contributed by atoms with E-state index in [1.165, 1.54) is 6.21 Å². The Balaban J connectivity index is 2.52. The summed E-state index contributed by atoms with van der Waals surface area (Å²) in [6.45, 7) is 0.180. The molecule has 0 bridgehead atoms. The summed E-state index contributed by atoms with van der Waals surface area (Å²) in [6.07, 6.45) is 1.25. The van der Waals surface area contributed by atoms with Crippen molar-refractivity contribution in [2.45, 2.75) is 0 Å². The summed E-state index contributed by atoms with van der Waals surface area (Å²) < 4.78 is 10.2. The first-order chi connectivity index (χ1) is 6.33. The molecule has 5 nitrogen and oxygen atoms in total. The average Bonchev–Trinajstić information content (AvgIpc) is 2.58. The third-order valence-corrected chi connectivity index (χ3v) is 1.81. The van der Waals surface area contributed by atoms with Gasteiger partial charge in [0.2, 0.25) is 6.79 Å². The van der Waals surface area contributed by atoms with E-state index in [2.05, 4.69) is 5.16 Å². The summed E-state index contributed by atoms with van der Waals surface area (Å²) in [5.74, 6) is 1.13. The fourth-order valence-corrected chi connectivity index (χ4v) is 1.18. The van der Waals surface area contributed by atoms with Crippen LogP contribution in [0.25, 0.3) is 0 Å². The first-order valence-electron chi connectivity index (χ1n) is 3.68. The zero-order valence-corrected chi connectivity index (χ0v) is 6.73. The van der Waals surface area contributed by atoms with Gasteiger partial charge in [0.1, 0.15) is 0 Å². The number of fused-ring (bicyclic) bond motifs is 1. The summed E-state index contributed by atoms with van der Waals surface area (Å²) in [5.41, 5.74) is 6.74. The summed E-state index contributed by atoms with van der Waals surface area (Å²) >= 11 is 0. The number of rotatable bonds is 1. The summed E-state index contributed by atoms with van der Waals surface area (Å²) in [6, 6.07) is 3.41. The molecule has 0 unspecified atom stereocenters. The number of ether oxygens (including phenoxy) is 2. The largest absolute Gasteiger partial charge is 0.454 e. The molecule has 1 aromatic rings. The quantitative estimate of drug-likeness (QED) is 0.290. The van der Waals surface area contributed by atoms with E-state index < -0.39 is 0 Å². The second-order valence-electron chi connectivity index (χ2n) is 2.55. The van der Waals surface area contributed by atoms with Gasteiger partial charge in [0.25, 0.3) is 0 Å². The first-order valence-corrected chi connectivity index (χ1v) is 3.68. The van der Waals surface area contributed by atoms with Crippen LogP contribution in [0, 0.1) is 0 Å². The highest BCUT2D eigenvalue weighted by molar-refractivity contribution is 5.90. The molecule has 0 aromatic heterocycles. The lowest BCUT2D eigenvalue weighted by Crippen LogP contribution is -1.96. The van der Waals surface area contributed by atoms with E-state index in [0.717, 1.165) is 0 Å². The van der Waals surface area contributed by atoms with Crippen molar-refractivity contribution in [1.29, 1.82) is 0 Å². The fourth-order valence-electron chi connectivity index (χ4n) is 1.18. The molecule has 1 heterocycles. The van der Waals surface area contributed by atoms with E-state index in [-0.39, 0.29) is 6.79 Å². The molecule has 68 valence electrons. The third-order valence-electron chi connectivity index (χ3n) is 1.81. The summed E-state index contributed by atoms with van der Waals surface area (Å²) in [4.78, 5) is 0. The molecule has 2 rings (SSSR count). The van der Waals surface area contributed by atoms with E-state index in [1.54, 1.807) is 12.1 Å². The van der Waals surface area contributed by atoms with Crippen LogP contribution in [0.15, 0.2) is 17.3 Å². The van der Waals surface area contributed by atoms with Crippen LogP contribution in [-0.2, 0) is 0 Å². The Morgan fingerprint density at radius 3 is 3.08 bits per heavy atom. The van der Waals surface area contributed by atoms with Gasteiger partial charge in [-0.1, -0.05) is 5.16 Å². The molecule has 0 aliphatic carbocycles. The van der Waals surface area contributed by atoms with Crippen LogP contribution in [0.2, 0.25) is 0 Å². The number of nitrogens with zero attached hydrogens (tertiary/aromatic N) is 1. The maximum atomic E-state index is 8.33. The van der Waals surface area contributed by atoms with Gasteiger partial charge in [-0.3, -0.25) is 0 Å². The summed E-state index contributed by atoms with van der Waals surface area (Å²) in [7, 11) is 0. The number of nitrogen functional groups attached to an aromatic ring is 1. The Morgan fingerprint density at radius 2 is 2.31 bits per heavy atom. The number of benzene rings is 1. The van der Waals surface area contributed by atoms with Crippen LogP contribution >= 0.6 is 0 Å². The lowest BCUT2D eigenvalue weighted by Gasteiger charge is -2.02. The molecular weight excluding hydrogens is 172 g/mol. The third kappa shape index (κ3) is 1.14. The van der Waals surface area contributed by atoms with Crippen molar-refractivity contribution in [3.05, 3.63) is 17.7 Å². The highest BCUT2D eigenvalue weighted by Gasteiger charge is 2.17. The van der Waals surface area contributed by atoms with Crippen molar-refractivity contribution < 1.29 is 14.7 Å². The lowest BCUT2D eigenvalue weighted by molar-refractivity contribution is 0.174. The van der Waals surface area contributed by atoms with Crippen LogP contribution in [0.1, 0.15) is 5.56 Å². The molecule has 1 aliphatic rings. The van der Waals surface area contributed by atoms with Crippen LogP contribution in [0.3, 0.4) is 0 Å². The minimum absolute atomic E-state index is 0.180. The number of oxime groups is 1. The van der Waals surface area contributed by atoms with Gasteiger partial charge < -0.3 is 20.4 Å². The van der Waals surface area contributed by atoms with Gasteiger partial charge >= 0.3 is 0 Å². The molecule has 0 saturated carbocycles. The van der Waals surface area contributed by atoms with Gasteiger partial charge in [-0.15, -0.1) is 0 Å². The second-order valence-corrected chi connectivity index (χ2v) is 2.55. The monoisotopic (exact) mass is 180 g/mol. The predicted octanol–water partition coefficient (Wildman–Crippen LogP) is 0.806. The Hall–Kier alpha value is -1.91.